The third-order valence-electron chi connectivity index (χ3n) is 3.28. The van der Waals surface area contributed by atoms with Crippen LogP contribution < -0.4 is 14.8 Å². The Morgan fingerprint density at radius 1 is 1.09 bits per heavy atom. The number of nitrogens with one attached hydrogen (secondary N) is 1. The van der Waals surface area contributed by atoms with Gasteiger partial charge in [0.2, 0.25) is 5.91 Å². The Bertz CT molecular complexity index is 655. The fraction of sp³-hybridized carbons (Fsp3) is 0.235. The molecule has 5 nitrogen and oxygen atoms in total. The number of anilines is 1. The Morgan fingerprint density at radius 3 is 2.23 bits per heavy atom. The van der Waals surface area contributed by atoms with Crippen LogP contribution in [-0.4, -0.2) is 25.2 Å². The van der Waals surface area contributed by atoms with Crippen LogP contribution in [0, 0.1) is 0 Å². The quantitative estimate of drug-likeness (QED) is 0.891. The van der Waals surface area contributed by atoms with E-state index in [1.165, 1.54) is 21.1 Å². The lowest BCUT2D eigenvalue weighted by atomic mass is 9.99. The monoisotopic (exact) mass is 301 g/mol. The topological polar surface area (TPSA) is 67.8 Å². The Labute approximate surface area is 129 Å². The zero-order valence-corrected chi connectivity index (χ0v) is 12.8. The maximum Gasteiger partial charge on any atom is 0.221 e. The number of hydrogen-bond donors (Lipinski definition) is 2. The molecule has 2 aromatic rings. The molecule has 0 saturated carbocycles. The summed E-state index contributed by atoms with van der Waals surface area (Å²) in [4.78, 5) is 11.4. The second kappa shape index (κ2) is 6.95. The number of amides is 1. The smallest absolute Gasteiger partial charge is 0.221 e. The van der Waals surface area contributed by atoms with Crippen LogP contribution in [0.5, 0.6) is 11.5 Å². The van der Waals surface area contributed by atoms with E-state index in [0.29, 0.717) is 22.7 Å². The summed E-state index contributed by atoms with van der Waals surface area (Å²) in [5.41, 5.74) is 1.75. The number of ether oxygens (including phenoxy) is 2. The van der Waals surface area contributed by atoms with Crippen LogP contribution in [0.1, 0.15) is 24.2 Å². The van der Waals surface area contributed by atoms with Crippen LogP contribution >= 0.6 is 0 Å². The van der Waals surface area contributed by atoms with Crippen LogP contribution in [0.4, 0.5) is 5.69 Å². The van der Waals surface area contributed by atoms with Gasteiger partial charge in [-0.25, -0.2) is 0 Å². The average Bonchev–Trinajstić information content (AvgIpc) is 2.54. The molecular formula is C17H19NO4. The zero-order valence-electron chi connectivity index (χ0n) is 12.8. The van der Waals surface area contributed by atoms with Crippen molar-refractivity contribution in [3.63, 3.8) is 0 Å². The maximum atomic E-state index is 11.4. The molecule has 0 bridgehead atoms. The number of rotatable bonds is 5. The van der Waals surface area contributed by atoms with Crippen LogP contribution in [0.2, 0.25) is 0 Å². The molecule has 2 N–H and O–H groups in total. The number of benzene rings is 2. The van der Waals surface area contributed by atoms with Crippen molar-refractivity contribution in [3.8, 4) is 11.5 Å². The summed E-state index contributed by atoms with van der Waals surface area (Å²) in [7, 11) is 3.04. The van der Waals surface area contributed by atoms with Crippen molar-refractivity contribution in [2.75, 3.05) is 19.5 Å². The summed E-state index contributed by atoms with van der Waals surface area (Å²) in [6.45, 7) is 1.41. The van der Waals surface area contributed by atoms with E-state index < -0.39 is 6.10 Å². The third kappa shape index (κ3) is 3.38. The summed E-state index contributed by atoms with van der Waals surface area (Å²) in [6, 6.07) is 12.5. The van der Waals surface area contributed by atoms with Gasteiger partial charge in [-0.15, -0.1) is 0 Å². The molecule has 0 heterocycles. The molecule has 0 aromatic heterocycles. The molecule has 2 aromatic carbocycles. The van der Waals surface area contributed by atoms with Gasteiger partial charge in [-0.05, 0) is 11.6 Å². The Kier molecular flexibility index (Phi) is 5.01. The number of methoxy groups -OCH3 is 2. The summed E-state index contributed by atoms with van der Waals surface area (Å²) in [5.74, 6) is 0.741. The molecule has 0 radical (unpaired) electrons. The Hall–Kier alpha value is -2.53. The highest BCUT2D eigenvalue weighted by Crippen LogP contribution is 2.38. The lowest BCUT2D eigenvalue weighted by molar-refractivity contribution is -0.114. The summed E-state index contributed by atoms with van der Waals surface area (Å²) < 4.78 is 10.5. The lowest BCUT2D eigenvalue weighted by Crippen LogP contribution is -2.11. The van der Waals surface area contributed by atoms with Crippen molar-refractivity contribution in [2.45, 2.75) is 13.0 Å². The molecule has 0 unspecified atom stereocenters. The fourth-order valence-electron chi connectivity index (χ4n) is 2.23. The van der Waals surface area contributed by atoms with Crippen LogP contribution in [0.3, 0.4) is 0 Å². The molecule has 0 aliphatic rings. The van der Waals surface area contributed by atoms with Gasteiger partial charge in [0, 0.05) is 18.6 Å². The van der Waals surface area contributed by atoms with Crippen LogP contribution in [-0.2, 0) is 4.79 Å². The third-order valence-corrected chi connectivity index (χ3v) is 3.28. The molecule has 0 aliphatic heterocycles. The van der Waals surface area contributed by atoms with Gasteiger partial charge in [0.25, 0.3) is 0 Å². The molecule has 1 amide bonds. The highest BCUT2D eigenvalue weighted by Gasteiger charge is 2.19. The van der Waals surface area contributed by atoms with Gasteiger partial charge in [-0.1, -0.05) is 30.3 Å². The van der Waals surface area contributed by atoms with E-state index in [4.69, 9.17) is 9.47 Å². The minimum Gasteiger partial charge on any atom is -0.493 e. The molecule has 0 aliphatic carbocycles. The van der Waals surface area contributed by atoms with E-state index in [0.717, 1.165) is 5.56 Å². The maximum absolute atomic E-state index is 11.4. The SMILES string of the molecule is COc1cc(NC(C)=O)c([C@H](O)c2ccccc2)cc1OC. The first-order valence-corrected chi connectivity index (χ1v) is 6.83. The normalized spacial score (nSPS) is 11.6. The second-order valence-corrected chi connectivity index (χ2v) is 4.79. The predicted molar refractivity (Wildman–Crippen MR) is 84.4 cm³/mol. The van der Waals surface area contributed by atoms with E-state index in [1.54, 1.807) is 12.1 Å². The minimum absolute atomic E-state index is 0.228. The lowest BCUT2D eigenvalue weighted by Gasteiger charge is -2.19. The van der Waals surface area contributed by atoms with Crippen molar-refractivity contribution < 1.29 is 19.4 Å². The number of carbonyl (C=O) groups is 1. The highest BCUT2D eigenvalue weighted by molar-refractivity contribution is 5.90. The summed E-state index contributed by atoms with van der Waals surface area (Å²) in [5, 5.41) is 13.3. The zero-order chi connectivity index (χ0) is 16.1. The minimum atomic E-state index is -0.886. The summed E-state index contributed by atoms with van der Waals surface area (Å²) in [6.07, 6.45) is -0.886. The van der Waals surface area contributed by atoms with Gasteiger partial charge in [-0.2, -0.15) is 0 Å². The first kappa shape index (κ1) is 15.9. The Balaban J connectivity index is 2.53. The van der Waals surface area contributed by atoms with Crippen molar-refractivity contribution in [1.82, 2.24) is 0 Å². The molecule has 5 heteroatoms. The number of carbonyl (C=O) groups excluding carboxylic acids is 1. The van der Waals surface area contributed by atoms with Crippen molar-refractivity contribution in [1.29, 1.82) is 0 Å². The van der Waals surface area contributed by atoms with Crippen molar-refractivity contribution in [2.24, 2.45) is 0 Å². The van der Waals surface area contributed by atoms with Crippen LogP contribution in [0.15, 0.2) is 42.5 Å². The van der Waals surface area contributed by atoms with E-state index in [2.05, 4.69) is 5.32 Å². The van der Waals surface area contributed by atoms with E-state index in [9.17, 15) is 9.90 Å². The first-order valence-electron chi connectivity index (χ1n) is 6.83. The van der Waals surface area contributed by atoms with E-state index in [-0.39, 0.29) is 5.91 Å². The van der Waals surface area contributed by atoms with Gasteiger partial charge < -0.3 is 19.9 Å². The highest BCUT2D eigenvalue weighted by atomic mass is 16.5. The van der Waals surface area contributed by atoms with Gasteiger partial charge in [0.1, 0.15) is 6.10 Å². The number of hydrogen-bond acceptors (Lipinski definition) is 4. The summed E-state index contributed by atoms with van der Waals surface area (Å²) >= 11 is 0. The number of aliphatic hydroxyl groups is 1. The molecular weight excluding hydrogens is 282 g/mol. The van der Waals surface area contributed by atoms with E-state index in [1.807, 2.05) is 30.3 Å². The standard InChI is InChI=1S/C17H19NO4/c1-11(19)18-14-10-16(22-3)15(21-2)9-13(14)17(20)12-7-5-4-6-8-12/h4-10,17,20H,1-3H3,(H,18,19)/t17-/m1/s1. The number of aliphatic hydroxyl groups excluding tert-OH is 1. The van der Waals surface area contributed by atoms with Gasteiger partial charge in [-0.3, -0.25) is 4.79 Å². The average molecular weight is 301 g/mol. The Morgan fingerprint density at radius 2 is 1.68 bits per heavy atom. The van der Waals surface area contributed by atoms with Crippen molar-refractivity contribution >= 4 is 11.6 Å². The second-order valence-electron chi connectivity index (χ2n) is 4.79. The fourth-order valence-corrected chi connectivity index (χ4v) is 2.23. The molecule has 2 rings (SSSR count). The van der Waals surface area contributed by atoms with Crippen LogP contribution in [0.25, 0.3) is 0 Å². The van der Waals surface area contributed by atoms with E-state index >= 15 is 0 Å². The van der Waals surface area contributed by atoms with Gasteiger partial charge in [0.05, 0.1) is 19.9 Å². The molecule has 0 saturated heterocycles. The van der Waals surface area contributed by atoms with Crippen molar-refractivity contribution in [3.05, 3.63) is 53.6 Å². The molecule has 22 heavy (non-hydrogen) atoms. The molecule has 0 fully saturated rings. The van der Waals surface area contributed by atoms with Gasteiger partial charge >= 0.3 is 0 Å². The predicted octanol–water partition coefficient (Wildman–Crippen LogP) is 2.74. The molecule has 0 spiro atoms. The largest absolute Gasteiger partial charge is 0.493 e. The molecule has 1 atom stereocenters. The molecule has 116 valence electrons. The first-order chi connectivity index (χ1) is 10.6. The van der Waals surface area contributed by atoms with Gasteiger partial charge in [0.15, 0.2) is 11.5 Å².